The number of carbonyl (C=O) groups excluding carboxylic acids is 2. The number of anilines is 1. The molecule has 0 saturated carbocycles. The summed E-state index contributed by atoms with van der Waals surface area (Å²) in [6.07, 6.45) is -4.78. The lowest BCUT2D eigenvalue weighted by Crippen LogP contribution is -2.21. The number of amides is 1. The van der Waals surface area contributed by atoms with E-state index >= 15 is 0 Å². The first-order valence-electron chi connectivity index (χ1n) is 8.39. The highest BCUT2D eigenvalue weighted by molar-refractivity contribution is 7.17. The van der Waals surface area contributed by atoms with Crippen molar-refractivity contribution < 1.29 is 32.4 Å². The van der Waals surface area contributed by atoms with E-state index in [9.17, 15) is 32.9 Å². The van der Waals surface area contributed by atoms with Crippen LogP contribution in [0, 0.1) is 17.0 Å². The van der Waals surface area contributed by atoms with E-state index in [-0.39, 0.29) is 4.88 Å². The van der Waals surface area contributed by atoms with Gasteiger partial charge in [0, 0.05) is 17.0 Å². The maximum atomic E-state index is 12.7. The van der Waals surface area contributed by atoms with Gasteiger partial charge in [-0.15, -0.1) is 11.3 Å². The molecule has 0 radical (unpaired) electrons. The Kier molecular flexibility index (Phi) is 6.36. The molecule has 31 heavy (non-hydrogen) atoms. The van der Waals surface area contributed by atoms with E-state index in [2.05, 4.69) is 10.3 Å². The first-order chi connectivity index (χ1) is 14.6. The number of nitro groups is 1. The molecule has 1 amide bonds. The van der Waals surface area contributed by atoms with Gasteiger partial charge < -0.3 is 10.1 Å². The molecule has 3 rings (SSSR count). The van der Waals surface area contributed by atoms with Crippen LogP contribution < -0.4 is 5.32 Å². The smallest absolute Gasteiger partial charge is 0.416 e. The Labute approximate surface area is 180 Å². The topological polar surface area (TPSA) is 111 Å². The summed E-state index contributed by atoms with van der Waals surface area (Å²) >= 11 is 2.55. The standard InChI is InChI=1S/C18H12F3N3O5S2/c1-9-15(31-16(22-9)10-4-5-30-8-10)17(26)29-7-14(25)23-12-3-2-11(18(19,20)21)6-13(12)24(27)28/h2-6,8H,7H2,1H3,(H,23,25). The second-order valence-electron chi connectivity index (χ2n) is 6.06. The van der Waals surface area contributed by atoms with Crippen molar-refractivity contribution in [1.29, 1.82) is 0 Å². The monoisotopic (exact) mass is 471 g/mol. The van der Waals surface area contributed by atoms with Crippen LogP contribution in [-0.4, -0.2) is 28.4 Å². The minimum atomic E-state index is -4.78. The molecular formula is C18H12F3N3O5S2. The van der Waals surface area contributed by atoms with Gasteiger partial charge in [-0.05, 0) is 30.5 Å². The summed E-state index contributed by atoms with van der Waals surface area (Å²) in [7, 11) is 0. The molecule has 0 aliphatic rings. The molecule has 0 atom stereocenters. The summed E-state index contributed by atoms with van der Waals surface area (Å²) in [5.74, 6) is -1.76. The number of benzene rings is 1. The summed E-state index contributed by atoms with van der Waals surface area (Å²) in [5, 5.41) is 17.5. The number of aromatic nitrogens is 1. The molecule has 3 aromatic rings. The maximum absolute atomic E-state index is 12.7. The Morgan fingerprint density at radius 3 is 2.65 bits per heavy atom. The van der Waals surface area contributed by atoms with Gasteiger partial charge in [0.25, 0.3) is 11.6 Å². The van der Waals surface area contributed by atoms with Crippen molar-refractivity contribution in [2.24, 2.45) is 0 Å². The van der Waals surface area contributed by atoms with E-state index in [4.69, 9.17) is 4.74 Å². The van der Waals surface area contributed by atoms with Crippen LogP contribution in [0.15, 0.2) is 35.0 Å². The first-order valence-corrected chi connectivity index (χ1v) is 10.1. The fourth-order valence-corrected chi connectivity index (χ4v) is 4.11. The third-order valence-corrected chi connectivity index (χ3v) is 5.75. The number of thiazole rings is 1. The number of ether oxygens (including phenoxy) is 1. The third-order valence-electron chi connectivity index (χ3n) is 3.88. The minimum absolute atomic E-state index is 0.189. The van der Waals surface area contributed by atoms with Gasteiger partial charge >= 0.3 is 12.1 Å². The van der Waals surface area contributed by atoms with E-state index in [1.807, 2.05) is 16.8 Å². The number of thiophene rings is 1. The number of nitro benzene ring substituents is 1. The van der Waals surface area contributed by atoms with Gasteiger partial charge in [-0.25, -0.2) is 9.78 Å². The second kappa shape index (κ2) is 8.81. The van der Waals surface area contributed by atoms with Gasteiger partial charge in [-0.1, -0.05) is 0 Å². The number of carbonyl (C=O) groups is 2. The normalized spacial score (nSPS) is 11.2. The van der Waals surface area contributed by atoms with Crippen LogP contribution in [0.3, 0.4) is 0 Å². The van der Waals surface area contributed by atoms with Gasteiger partial charge in [0.2, 0.25) is 0 Å². The molecule has 0 saturated heterocycles. The average Bonchev–Trinajstić information content (AvgIpc) is 3.35. The molecule has 13 heteroatoms. The Bertz CT molecular complexity index is 1140. The lowest BCUT2D eigenvalue weighted by molar-refractivity contribution is -0.384. The maximum Gasteiger partial charge on any atom is 0.416 e. The molecule has 1 aromatic carbocycles. The summed E-state index contributed by atoms with van der Waals surface area (Å²) < 4.78 is 43.2. The third kappa shape index (κ3) is 5.24. The van der Waals surface area contributed by atoms with Crippen molar-refractivity contribution in [2.45, 2.75) is 13.1 Å². The minimum Gasteiger partial charge on any atom is -0.451 e. The fourth-order valence-electron chi connectivity index (χ4n) is 2.44. The van der Waals surface area contributed by atoms with Crippen LogP contribution in [0.4, 0.5) is 24.5 Å². The molecule has 1 N–H and O–H groups in total. The van der Waals surface area contributed by atoms with Crippen molar-refractivity contribution in [3.8, 4) is 10.6 Å². The van der Waals surface area contributed by atoms with E-state index in [1.165, 1.54) is 11.3 Å². The SMILES string of the molecule is Cc1nc(-c2ccsc2)sc1C(=O)OCC(=O)Nc1ccc(C(F)(F)F)cc1[N+](=O)[O-]. The van der Waals surface area contributed by atoms with Crippen molar-refractivity contribution in [1.82, 2.24) is 4.98 Å². The highest BCUT2D eigenvalue weighted by atomic mass is 32.1. The number of aryl methyl sites for hydroxylation is 1. The number of halogens is 3. The number of nitrogens with zero attached hydrogens (tertiary/aromatic N) is 2. The molecule has 0 aliphatic heterocycles. The zero-order chi connectivity index (χ0) is 22.8. The van der Waals surface area contributed by atoms with E-state index < -0.39 is 46.5 Å². The molecule has 0 spiro atoms. The summed E-state index contributed by atoms with van der Waals surface area (Å²) in [6.45, 7) is 0.816. The van der Waals surface area contributed by atoms with Crippen LogP contribution in [0.2, 0.25) is 0 Å². The average molecular weight is 471 g/mol. The molecule has 0 aliphatic carbocycles. The van der Waals surface area contributed by atoms with Gasteiger partial charge in [-0.3, -0.25) is 14.9 Å². The fraction of sp³-hybridized carbons (Fsp3) is 0.167. The summed E-state index contributed by atoms with van der Waals surface area (Å²) in [6, 6.07) is 3.51. The molecule has 0 unspecified atom stereocenters. The lowest BCUT2D eigenvalue weighted by Gasteiger charge is -2.10. The quantitative estimate of drug-likeness (QED) is 0.311. The van der Waals surface area contributed by atoms with E-state index in [1.54, 1.807) is 6.92 Å². The van der Waals surface area contributed by atoms with Crippen LogP contribution in [0.25, 0.3) is 10.6 Å². The van der Waals surface area contributed by atoms with Crippen LogP contribution in [-0.2, 0) is 15.7 Å². The van der Waals surface area contributed by atoms with Crippen LogP contribution >= 0.6 is 22.7 Å². The molecule has 0 bridgehead atoms. The van der Waals surface area contributed by atoms with E-state index in [0.29, 0.717) is 22.8 Å². The van der Waals surface area contributed by atoms with Crippen molar-refractivity contribution in [2.75, 3.05) is 11.9 Å². The number of rotatable bonds is 6. The Morgan fingerprint density at radius 2 is 2.03 bits per heavy atom. The lowest BCUT2D eigenvalue weighted by atomic mass is 10.1. The highest BCUT2D eigenvalue weighted by Gasteiger charge is 2.33. The number of nitrogens with one attached hydrogen (secondary N) is 1. The largest absolute Gasteiger partial charge is 0.451 e. The summed E-state index contributed by atoms with van der Waals surface area (Å²) in [5.41, 5.74) is -1.37. The van der Waals surface area contributed by atoms with Crippen molar-refractivity contribution in [3.05, 3.63) is 61.3 Å². The second-order valence-corrected chi connectivity index (χ2v) is 7.84. The van der Waals surface area contributed by atoms with Gasteiger partial charge in [0.15, 0.2) is 6.61 Å². The van der Waals surface area contributed by atoms with Crippen LogP contribution in [0.5, 0.6) is 0 Å². The molecule has 2 heterocycles. The molecule has 2 aromatic heterocycles. The van der Waals surface area contributed by atoms with E-state index in [0.717, 1.165) is 23.0 Å². The first kappa shape index (κ1) is 22.4. The Balaban J connectivity index is 1.67. The zero-order valence-electron chi connectivity index (χ0n) is 15.6. The number of hydrogen-bond donors (Lipinski definition) is 1. The van der Waals surface area contributed by atoms with Crippen molar-refractivity contribution >= 4 is 45.9 Å². The predicted molar refractivity (Wildman–Crippen MR) is 107 cm³/mol. The van der Waals surface area contributed by atoms with Gasteiger partial charge in [-0.2, -0.15) is 24.5 Å². The van der Waals surface area contributed by atoms with Gasteiger partial charge in [0.1, 0.15) is 15.6 Å². The predicted octanol–water partition coefficient (Wildman–Crippen LogP) is 4.90. The Hall–Kier alpha value is -3.32. The molecule has 8 nitrogen and oxygen atoms in total. The highest BCUT2D eigenvalue weighted by Crippen LogP contribution is 2.35. The molecular weight excluding hydrogens is 459 g/mol. The van der Waals surface area contributed by atoms with Gasteiger partial charge in [0.05, 0.1) is 16.2 Å². The number of esters is 1. The number of alkyl halides is 3. The van der Waals surface area contributed by atoms with Crippen molar-refractivity contribution in [3.63, 3.8) is 0 Å². The zero-order valence-corrected chi connectivity index (χ0v) is 17.2. The number of hydrogen-bond acceptors (Lipinski definition) is 8. The summed E-state index contributed by atoms with van der Waals surface area (Å²) in [4.78, 5) is 38.8. The Morgan fingerprint density at radius 1 is 1.29 bits per heavy atom. The van der Waals surface area contributed by atoms with Crippen LogP contribution in [0.1, 0.15) is 20.9 Å². The molecule has 162 valence electrons. The molecule has 0 fully saturated rings.